The molecule has 2 aromatic carbocycles. The maximum atomic E-state index is 12.6. The molecule has 0 unspecified atom stereocenters. The highest BCUT2D eigenvalue weighted by Crippen LogP contribution is 2.45. The van der Waals surface area contributed by atoms with Gasteiger partial charge in [-0.3, -0.25) is 4.79 Å². The lowest BCUT2D eigenvalue weighted by Crippen LogP contribution is -2.38. The normalized spacial score (nSPS) is 16.2. The summed E-state index contributed by atoms with van der Waals surface area (Å²) in [4.78, 5) is 18.7. The van der Waals surface area contributed by atoms with Crippen LogP contribution in [0, 0.1) is 0 Å². The molecule has 0 spiro atoms. The minimum atomic E-state index is -0.113. The van der Waals surface area contributed by atoms with E-state index < -0.39 is 0 Å². The predicted octanol–water partition coefficient (Wildman–Crippen LogP) is 3.70. The first-order chi connectivity index (χ1) is 12.2. The Balaban J connectivity index is 1.52. The maximum absolute atomic E-state index is 12.6. The summed E-state index contributed by atoms with van der Waals surface area (Å²) in [6.07, 6.45) is 2.45. The first kappa shape index (κ1) is 14.4. The molecule has 126 valence electrons. The largest absolute Gasteiger partial charge is 0.399 e. The summed E-state index contributed by atoms with van der Waals surface area (Å²) in [6, 6.07) is 13.1. The molecule has 2 bridgehead atoms. The summed E-state index contributed by atoms with van der Waals surface area (Å²) >= 11 is 0. The van der Waals surface area contributed by atoms with E-state index in [1.54, 1.807) is 12.1 Å². The van der Waals surface area contributed by atoms with E-state index in [1.165, 1.54) is 24.2 Å². The molecule has 1 aromatic heterocycles. The number of carbonyl (C=O) groups is 1. The Morgan fingerprint density at radius 1 is 1.16 bits per heavy atom. The van der Waals surface area contributed by atoms with Gasteiger partial charge >= 0.3 is 0 Å². The number of nitrogens with two attached hydrogens (primary N) is 1. The zero-order valence-electron chi connectivity index (χ0n) is 13.9. The second-order valence-electron chi connectivity index (χ2n) is 6.99. The third kappa shape index (κ3) is 2.27. The van der Waals surface area contributed by atoms with Gasteiger partial charge in [-0.15, -0.1) is 0 Å². The van der Waals surface area contributed by atoms with Crippen LogP contribution in [-0.4, -0.2) is 24.0 Å². The fourth-order valence-corrected chi connectivity index (χ4v) is 4.19. The molecule has 1 fully saturated rings. The van der Waals surface area contributed by atoms with E-state index in [2.05, 4.69) is 15.2 Å². The van der Waals surface area contributed by atoms with Crippen molar-refractivity contribution in [3.05, 3.63) is 53.7 Å². The van der Waals surface area contributed by atoms with Gasteiger partial charge in [0.05, 0.1) is 5.69 Å². The van der Waals surface area contributed by atoms with E-state index in [0.29, 0.717) is 22.9 Å². The number of rotatable bonds is 2. The van der Waals surface area contributed by atoms with Crippen LogP contribution < -0.4 is 16.0 Å². The first-order valence-corrected chi connectivity index (χ1v) is 8.76. The molecular formula is C20H20N4O. The number of aromatic nitrogens is 1. The number of benzene rings is 2. The van der Waals surface area contributed by atoms with Crippen LogP contribution >= 0.6 is 0 Å². The number of piperidine rings is 1. The SMILES string of the molecule is Nc1cccc(NC(=O)c2ccc3[nH]c4c(c3c2)N2CCC4CC2)c1. The lowest BCUT2D eigenvalue weighted by Gasteiger charge is -2.40. The van der Waals surface area contributed by atoms with Crippen LogP contribution in [0.2, 0.25) is 0 Å². The molecule has 1 saturated heterocycles. The number of hydrogen-bond acceptors (Lipinski definition) is 3. The summed E-state index contributed by atoms with van der Waals surface area (Å²) in [5.41, 5.74) is 11.6. The van der Waals surface area contributed by atoms with Gasteiger partial charge in [-0.25, -0.2) is 0 Å². The van der Waals surface area contributed by atoms with E-state index in [1.807, 2.05) is 30.3 Å². The number of nitrogen functional groups attached to an aromatic ring is 1. The molecule has 4 N–H and O–H groups in total. The van der Waals surface area contributed by atoms with Gasteiger partial charge in [-0.1, -0.05) is 6.07 Å². The van der Waals surface area contributed by atoms with Crippen LogP contribution in [0.1, 0.15) is 34.8 Å². The third-order valence-electron chi connectivity index (χ3n) is 5.43. The molecule has 6 rings (SSSR count). The van der Waals surface area contributed by atoms with Crippen LogP contribution in [0.15, 0.2) is 42.5 Å². The fourth-order valence-electron chi connectivity index (χ4n) is 4.19. The molecule has 5 nitrogen and oxygen atoms in total. The first-order valence-electron chi connectivity index (χ1n) is 8.76. The molecule has 5 heteroatoms. The van der Waals surface area contributed by atoms with Crippen LogP contribution in [0.25, 0.3) is 10.9 Å². The van der Waals surface area contributed by atoms with E-state index >= 15 is 0 Å². The molecule has 0 saturated carbocycles. The Morgan fingerprint density at radius 3 is 2.80 bits per heavy atom. The Kier molecular flexibility index (Phi) is 3.04. The lowest BCUT2D eigenvalue weighted by molar-refractivity contribution is 0.102. The molecule has 3 aliphatic heterocycles. The average Bonchev–Trinajstić information content (AvgIpc) is 3.03. The molecule has 0 radical (unpaired) electrons. The number of nitrogens with zero attached hydrogens (tertiary/aromatic N) is 1. The molecule has 0 aliphatic carbocycles. The highest BCUT2D eigenvalue weighted by Gasteiger charge is 2.33. The zero-order chi connectivity index (χ0) is 17.0. The summed E-state index contributed by atoms with van der Waals surface area (Å²) in [5, 5.41) is 4.08. The van der Waals surface area contributed by atoms with Crippen LogP contribution in [0.5, 0.6) is 0 Å². The Labute approximate surface area is 145 Å². The monoisotopic (exact) mass is 332 g/mol. The van der Waals surface area contributed by atoms with Crippen molar-refractivity contribution in [2.24, 2.45) is 0 Å². The van der Waals surface area contributed by atoms with Crippen molar-refractivity contribution >= 4 is 33.9 Å². The average molecular weight is 332 g/mol. The molecular weight excluding hydrogens is 312 g/mol. The van der Waals surface area contributed by atoms with Gasteiger partial charge in [0.1, 0.15) is 0 Å². The van der Waals surface area contributed by atoms with Crippen molar-refractivity contribution < 1.29 is 4.79 Å². The second-order valence-corrected chi connectivity index (χ2v) is 6.99. The summed E-state index contributed by atoms with van der Waals surface area (Å²) < 4.78 is 0. The standard InChI is InChI=1S/C20H20N4O/c21-14-2-1-3-15(11-14)22-20(25)13-4-5-17-16(10-13)19-18(23-17)12-6-8-24(19)9-7-12/h1-5,10-12,23H,6-9,21H2,(H,22,25). The number of amides is 1. The summed E-state index contributed by atoms with van der Waals surface area (Å²) in [6.45, 7) is 2.23. The van der Waals surface area contributed by atoms with Gasteiger partial charge in [-0.05, 0) is 49.2 Å². The van der Waals surface area contributed by atoms with Crippen molar-refractivity contribution in [3.63, 3.8) is 0 Å². The molecule has 3 aliphatic rings. The number of H-pyrrole nitrogens is 1. The lowest BCUT2D eigenvalue weighted by atomic mass is 9.87. The maximum Gasteiger partial charge on any atom is 0.255 e. The minimum Gasteiger partial charge on any atom is -0.399 e. The van der Waals surface area contributed by atoms with Crippen molar-refractivity contribution in [2.75, 3.05) is 29.0 Å². The zero-order valence-corrected chi connectivity index (χ0v) is 13.9. The number of anilines is 3. The highest BCUT2D eigenvalue weighted by molar-refractivity contribution is 6.08. The van der Waals surface area contributed by atoms with E-state index in [-0.39, 0.29) is 5.91 Å². The van der Waals surface area contributed by atoms with Gasteiger partial charge in [0.25, 0.3) is 5.91 Å². The van der Waals surface area contributed by atoms with Gasteiger partial charge in [0.15, 0.2) is 0 Å². The molecule has 1 amide bonds. The van der Waals surface area contributed by atoms with Crippen LogP contribution in [-0.2, 0) is 0 Å². The van der Waals surface area contributed by atoms with Gasteiger partial charge in [0.2, 0.25) is 0 Å². The summed E-state index contributed by atoms with van der Waals surface area (Å²) in [7, 11) is 0. The van der Waals surface area contributed by atoms with E-state index in [9.17, 15) is 4.79 Å². The number of carbonyl (C=O) groups excluding carboxylic acids is 1. The van der Waals surface area contributed by atoms with Crippen LogP contribution in [0.4, 0.5) is 17.1 Å². The van der Waals surface area contributed by atoms with Crippen molar-refractivity contribution in [3.8, 4) is 0 Å². The molecule has 0 atom stereocenters. The van der Waals surface area contributed by atoms with Gasteiger partial charge in [0, 0.05) is 52.5 Å². The second kappa shape index (κ2) is 5.28. The smallest absolute Gasteiger partial charge is 0.255 e. The molecule has 4 heterocycles. The third-order valence-corrected chi connectivity index (χ3v) is 5.43. The predicted molar refractivity (Wildman–Crippen MR) is 101 cm³/mol. The van der Waals surface area contributed by atoms with Crippen molar-refractivity contribution in [2.45, 2.75) is 18.8 Å². The fraction of sp³-hybridized carbons (Fsp3) is 0.250. The highest BCUT2D eigenvalue weighted by atomic mass is 16.1. The van der Waals surface area contributed by atoms with Gasteiger partial charge < -0.3 is 20.9 Å². The Bertz CT molecular complexity index is 983. The Hall–Kier alpha value is -2.95. The van der Waals surface area contributed by atoms with Gasteiger partial charge in [-0.2, -0.15) is 0 Å². The molecule has 3 aromatic rings. The number of aromatic amines is 1. The Morgan fingerprint density at radius 2 is 2.00 bits per heavy atom. The molecule has 25 heavy (non-hydrogen) atoms. The van der Waals surface area contributed by atoms with E-state index in [4.69, 9.17) is 5.73 Å². The van der Waals surface area contributed by atoms with Crippen LogP contribution in [0.3, 0.4) is 0 Å². The van der Waals surface area contributed by atoms with Crippen molar-refractivity contribution in [1.82, 2.24) is 4.98 Å². The van der Waals surface area contributed by atoms with Crippen molar-refractivity contribution in [1.29, 1.82) is 0 Å². The number of nitrogens with one attached hydrogen (secondary N) is 2. The number of hydrogen-bond donors (Lipinski definition) is 3. The number of fused-ring (bicyclic) bond motifs is 3. The summed E-state index contributed by atoms with van der Waals surface area (Å²) in [5.74, 6) is 0.524. The van der Waals surface area contributed by atoms with E-state index in [0.717, 1.165) is 24.0 Å². The minimum absolute atomic E-state index is 0.113. The topological polar surface area (TPSA) is 74.1 Å². The quantitative estimate of drug-likeness (QED) is 0.626.